The van der Waals surface area contributed by atoms with Crippen molar-refractivity contribution in [2.75, 3.05) is 13.2 Å². The number of carbonyl (C=O) groups is 2. The first-order valence-corrected chi connectivity index (χ1v) is 14.8. The first-order valence-electron chi connectivity index (χ1n) is 14.8. The second-order valence-electron chi connectivity index (χ2n) is 12.6. The first-order chi connectivity index (χ1) is 19.1. The predicted octanol–water partition coefficient (Wildman–Crippen LogP) is 4.83. The van der Waals surface area contributed by atoms with Gasteiger partial charge < -0.3 is 20.5 Å². The van der Waals surface area contributed by atoms with Gasteiger partial charge in [-0.15, -0.1) is 0 Å². The van der Waals surface area contributed by atoms with Gasteiger partial charge in [-0.25, -0.2) is 4.68 Å². The number of rotatable bonds is 12. The summed E-state index contributed by atoms with van der Waals surface area (Å²) < 4.78 is 7.67. The van der Waals surface area contributed by atoms with Crippen molar-refractivity contribution in [3.63, 3.8) is 0 Å². The van der Waals surface area contributed by atoms with Gasteiger partial charge in [0.05, 0.1) is 18.3 Å². The summed E-state index contributed by atoms with van der Waals surface area (Å²) in [5.74, 6) is 1.52. The molecular weight excluding hydrogens is 504 g/mol. The highest BCUT2D eigenvalue weighted by Gasteiger charge is 2.40. The standard InChI is InChI=1S/C32H46N4O4/c1-22(2)21-40-31-27(30(39)34-29-25-12-8-11-24(17-25)18-26(29)20-37)19-33-36(31)16-15-32(3,4)35-28(38)14-13-23-9-6-5-7-10-23/h5-7,9-10,15-16,19,22,24-26,29,37H,8,11-14,17-18,20-21H2,1-4H3,(H,34,39)(H,35,38)/b16-15+/t24?,25?,26?,29-/m0/s1. The normalized spacial score (nSPS) is 22.9. The van der Waals surface area contributed by atoms with Crippen LogP contribution in [0.5, 0.6) is 5.88 Å². The van der Waals surface area contributed by atoms with E-state index < -0.39 is 5.54 Å². The molecule has 2 aliphatic rings. The minimum Gasteiger partial charge on any atom is -0.477 e. The van der Waals surface area contributed by atoms with Crippen LogP contribution in [-0.2, 0) is 11.2 Å². The van der Waals surface area contributed by atoms with Crippen LogP contribution in [0.2, 0.25) is 0 Å². The molecule has 1 aromatic heterocycles. The number of fused-ring (bicyclic) bond motifs is 2. The number of amides is 2. The molecule has 40 heavy (non-hydrogen) atoms. The van der Waals surface area contributed by atoms with Crippen LogP contribution in [0.4, 0.5) is 0 Å². The molecule has 2 bridgehead atoms. The highest BCUT2D eigenvalue weighted by molar-refractivity contribution is 5.96. The van der Waals surface area contributed by atoms with Crippen molar-refractivity contribution < 1.29 is 19.4 Å². The Hall–Kier alpha value is -3.13. The molecule has 0 radical (unpaired) electrons. The number of nitrogens with zero attached hydrogens (tertiary/aromatic N) is 2. The van der Waals surface area contributed by atoms with Crippen molar-refractivity contribution in [3.8, 4) is 5.88 Å². The van der Waals surface area contributed by atoms with Gasteiger partial charge in [-0.2, -0.15) is 5.10 Å². The third kappa shape index (κ3) is 7.96. The largest absolute Gasteiger partial charge is 0.477 e. The Balaban J connectivity index is 1.45. The lowest BCUT2D eigenvalue weighted by Crippen LogP contribution is -2.51. The molecule has 0 spiro atoms. The molecule has 218 valence electrons. The Bertz CT molecular complexity index is 1150. The van der Waals surface area contributed by atoms with Crippen molar-refractivity contribution in [2.24, 2.45) is 23.7 Å². The van der Waals surface area contributed by atoms with Crippen LogP contribution < -0.4 is 15.4 Å². The maximum absolute atomic E-state index is 13.5. The Kier molecular flexibility index (Phi) is 10.1. The smallest absolute Gasteiger partial charge is 0.258 e. The van der Waals surface area contributed by atoms with E-state index in [1.165, 1.54) is 12.8 Å². The van der Waals surface area contributed by atoms with E-state index in [-0.39, 0.29) is 36.3 Å². The Morgan fingerprint density at radius 3 is 2.70 bits per heavy atom. The zero-order valence-corrected chi connectivity index (χ0v) is 24.4. The molecule has 2 aromatic rings. The lowest BCUT2D eigenvalue weighted by molar-refractivity contribution is -0.122. The fourth-order valence-electron chi connectivity index (χ4n) is 6.11. The average molecular weight is 551 g/mol. The van der Waals surface area contributed by atoms with Crippen LogP contribution in [0.3, 0.4) is 0 Å². The summed E-state index contributed by atoms with van der Waals surface area (Å²) in [5.41, 5.74) is 0.873. The zero-order chi connectivity index (χ0) is 28.7. The second-order valence-corrected chi connectivity index (χ2v) is 12.6. The van der Waals surface area contributed by atoms with Crippen LogP contribution in [0.1, 0.15) is 82.1 Å². The maximum atomic E-state index is 13.5. The van der Waals surface area contributed by atoms with Crippen molar-refractivity contribution in [1.29, 1.82) is 0 Å². The zero-order valence-electron chi connectivity index (χ0n) is 24.4. The third-order valence-electron chi connectivity index (χ3n) is 8.13. The number of hydrogen-bond acceptors (Lipinski definition) is 5. The first kappa shape index (κ1) is 29.8. The van der Waals surface area contributed by atoms with E-state index in [9.17, 15) is 14.7 Å². The summed E-state index contributed by atoms with van der Waals surface area (Å²) in [7, 11) is 0. The quantitative estimate of drug-likeness (QED) is 0.351. The minimum atomic E-state index is -0.634. The summed E-state index contributed by atoms with van der Waals surface area (Å²) in [4.78, 5) is 26.2. The molecule has 3 unspecified atom stereocenters. The number of benzene rings is 1. The van der Waals surface area contributed by atoms with Crippen LogP contribution in [-0.4, -0.2) is 51.5 Å². The fourth-order valence-corrected chi connectivity index (χ4v) is 6.11. The molecule has 2 fully saturated rings. The molecule has 2 saturated carbocycles. The molecule has 0 saturated heterocycles. The topological polar surface area (TPSA) is 105 Å². The van der Waals surface area contributed by atoms with Gasteiger partial charge in [0.25, 0.3) is 5.91 Å². The number of aryl methyl sites for hydroxylation is 1. The molecule has 3 N–H and O–H groups in total. The van der Waals surface area contributed by atoms with Crippen molar-refractivity contribution in [2.45, 2.75) is 84.2 Å². The highest BCUT2D eigenvalue weighted by Crippen LogP contribution is 2.42. The highest BCUT2D eigenvalue weighted by atomic mass is 16.5. The Labute approximate surface area is 238 Å². The summed E-state index contributed by atoms with van der Waals surface area (Å²) in [6.07, 6.45) is 11.8. The Morgan fingerprint density at radius 1 is 1.20 bits per heavy atom. The minimum absolute atomic E-state index is 0.0359. The Morgan fingerprint density at radius 2 is 1.98 bits per heavy atom. The van der Waals surface area contributed by atoms with Gasteiger partial charge >= 0.3 is 0 Å². The molecule has 0 aliphatic heterocycles. The second kappa shape index (κ2) is 13.5. The molecule has 1 heterocycles. The fraction of sp³-hybridized carbons (Fsp3) is 0.594. The lowest BCUT2D eigenvalue weighted by Gasteiger charge is -2.45. The SMILES string of the molecule is CC(C)COc1c(C(=O)N[C@@H]2C(CO)CC3CCCC2C3)cnn1/C=C/C(C)(C)NC(=O)CCc1ccccc1. The molecule has 2 aliphatic carbocycles. The number of ether oxygens (including phenoxy) is 1. The number of hydrogen-bond donors (Lipinski definition) is 3. The van der Waals surface area contributed by atoms with Crippen molar-refractivity contribution in [3.05, 3.63) is 53.7 Å². The van der Waals surface area contributed by atoms with E-state index in [2.05, 4.69) is 29.6 Å². The number of carbonyl (C=O) groups excluding carboxylic acids is 2. The van der Waals surface area contributed by atoms with Crippen LogP contribution >= 0.6 is 0 Å². The van der Waals surface area contributed by atoms with Gasteiger partial charge in [-0.1, -0.05) is 57.0 Å². The summed E-state index contributed by atoms with van der Waals surface area (Å²) in [6.45, 7) is 8.47. The monoisotopic (exact) mass is 550 g/mol. The molecule has 4 rings (SSSR count). The molecule has 4 atom stereocenters. The molecule has 2 amide bonds. The molecule has 8 heteroatoms. The number of nitrogens with one attached hydrogen (secondary N) is 2. The maximum Gasteiger partial charge on any atom is 0.258 e. The van der Waals surface area contributed by atoms with E-state index in [1.54, 1.807) is 17.1 Å². The van der Waals surface area contributed by atoms with E-state index in [0.29, 0.717) is 42.7 Å². The van der Waals surface area contributed by atoms with E-state index >= 15 is 0 Å². The predicted molar refractivity (Wildman–Crippen MR) is 157 cm³/mol. The van der Waals surface area contributed by atoms with Gasteiger partial charge in [-0.05, 0) is 68.9 Å². The van der Waals surface area contributed by atoms with E-state index in [4.69, 9.17) is 4.74 Å². The van der Waals surface area contributed by atoms with Gasteiger partial charge in [0, 0.05) is 31.2 Å². The summed E-state index contributed by atoms with van der Waals surface area (Å²) in [6, 6.07) is 9.91. The summed E-state index contributed by atoms with van der Waals surface area (Å²) in [5, 5.41) is 20.8. The number of aliphatic hydroxyl groups excluding tert-OH is 1. The number of aliphatic hydroxyl groups is 1. The lowest BCUT2D eigenvalue weighted by atomic mass is 9.65. The molecule has 8 nitrogen and oxygen atoms in total. The van der Waals surface area contributed by atoms with Crippen LogP contribution in [0.25, 0.3) is 6.20 Å². The van der Waals surface area contributed by atoms with Crippen LogP contribution in [0, 0.1) is 23.7 Å². The van der Waals surface area contributed by atoms with Crippen molar-refractivity contribution >= 4 is 18.0 Å². The third-order valence-corrected chi connectivity index (χ3v) is 8.13. The van der Waals surface area contributed by atoms with Gasteiger partial charge in [0.1, 0.15) is 5.56 Å². The van der Waals surface area contributed by atoms with Gasteiger partial charge in [0.15, 0.2) is 0 Å². The summed E-state index contributed by atoms with van der Waals surface area (Å²) >= 11 is 0. The van der Waals surface area contributed by atoms with Crippen LogP contribution in [0.15, 0.2) is 42.6 Å². The number of aromatic nitrogens is 2. The van der Waals surface area contributed by atoms with Crippen molar-refractivity contribution in [1.82, 2.24) is 20.4 Å². The van der Waals surface area contributed by atoms with Gasteiger partial charge in [0.2, 0.25) is 11.8 Å². The average Bonchev–Trinajstić information content (AvgIpc) is 3.34. The molecule has 1 aromatic carbocycles. The van der Waals surface area contributed by atoms with E-state index in [0.717, 1.165) is 24.8 Å². The molecular formula is C32H46N4O4. The van der Waals surface area contributed by atoms with Gasteiger partial charge in [-0.3, -0.25) is 9.59 Å². The van der Waals surface area contributed by atoms with E-state index in [1.807, 2.05) is 50.3 Å².